The highest BCUT2D eigenvalue weighted by molar-refractivity contribution is 5.69. The zero-order valence-corrected chi connectivity index (χ0v) is 15.7. The van der Waals surface area contributed by atoms with E-state index in [1.54, 1.807) is 0 Å². The van der Waals surface area contributed by atoms with Gasteiger partial charge in [0.25, 0.3) is 0 Å². The van der Waals surface area contributed by atoms with Crippen molar-refractivity contribution in [1.82, 2.24) is 0 Å². The third-order valence-corrected chi connectivity index (χ3v) is 4.20. The van der Waals surface area contributed by atoms with Crippen molar-refractivity contribution in [2.75, 3.05) is 7.11 Å². The third-order valence-electron chi connectivity index (χ3n) is 4.20. The van der Waals surface area contributed by atoms with Crippen LogP contribution in [-0.2, 0) is 14.3 Å². The van der Waals surface area contributed by atoms with E-state index in [1.165, 1.54) is 26.4 Å². The second-order valence-electron chi connectivity index (χ2n) is 6.47. The van der Waals surface area contributed by atoms with Gasteiger partial charge in [-0.3, -0.25) is 4.79 Å². The number of esters is 1. The molecule has 1 heterocycles. The minimum absolute atomic E-state index is 0.154. The Morgan fingerprint density at radius 1 is 1.20 bits per heavy atom. The molecule has 25 heavy (non-hydrogen) atoms. The van der Waals surface area contributed by atoms with Crippen molar-refractivity contribution in [3.8, 4) is 0 Å². The lowest BCUT2D eigenvalue weighted by molar-refractivity contribution is -0.140. The normalized spacial score (nSPS) is 21.4. The molecule has 1 aliphatic rings. The second-order valence-corrected chi connectivity index (χ2v) is 6.47. The zero-order valence-electron chi connectivity index (χ0n) is 15.7. The number of unbranched alkanes of at least 4 members (excludes halogenated alkanes) is 3. The van der Waals surface area contributed by atoms with Crippen molar-refractivity contribution < 1.29 is 19.4 Å². The van der Waals surface area contributed by atoms with Gasteiger partial charge in [-0.2, -0.15) is 0 Å². The molecular weight excluding hydrogens is 316 g/mol. The van der Waals surface area contributed by atoms with Crippen molar-refractivity contribution in [1.29, 1.82) is 0 Å². The molecule has 0 aromatic carbocycles. The van der Waals surface area contributed by atoms with Crippen LogP contribution in [-0.4, -0.2) is 36.5 Å². The zero-order chi connectivity index (χ0) is 18.3. The quantitative estimate of drug-likeness (QED) is 0.217. The molecule has 4 nitrogen and oxygen atoms in total. The smallest absolute Gasteiger partial charge is 0.305 e. The topological polar surface area (TPSA) is 59.1 Å². The van der Waals surface area contributed by atoms with Crippen LogP contribution in [0.1, 0.15) is 64.7 Å². The molecule has 0 aliphatic carbocycles. The molecule has 0 aromatic heterocycles. The Kier molecular flexibility index (Phi) is 12.0. The Morgan fingerprint density at radius 2 is 2.00 bits per heavy atom. The van der Waals surface area contributed by atoms with E-state index >= 15 is 0 Å². The highest BCUT2D eigenvalue weighted by atomic mass is 16.6. The standard InChI is InChI=1S/C21H34O4/c1-3-4-10-14-19-20(25-19)17-16-18(22)13-11-8-6-5-7-9-12-15-21(23)24-2/h5,7-8,11,16-20,22H,3-4,6,9-10,12-15H2,1-2H3/b7-5-,11-8-,17-16+/t18-,19-,20-/m0/s1. The van der Waals surface area contributed by atoms with Crippen LogP contribution >= 0.6 is 0 Å². The van der Waals surface area contributed by atoms with Crippen LogP contribution in [0.5, 0.6) is 0 Å². The van der Waals surface area contributed by atoms with Gasteiger partial charge < -0.3 is 14.6 Å². The number of carbonyl (C=O) groups excluding carboxylic acids is 1. The van der Waals surface area contributed by atoms with Crippen molar-refractivity contribution in [3.05, 3.63) is 36.5 Å². The summed E-state index contributed by atoms with van der Waals surface area (Å²) in [6.07, 6.45) is 20.7. The Morgan fingerprint density at radius 3 is 2.76 bits per heavy atom. The van der Waals surface area contributed by atoms with Crippen LogP contribution < -0.4 is 0 Å². The van der Waals surface area contributed by atoms with E-state index in [-0.39, 0.29) is 12.1 Å². The van der Waals surface area contributed by atoms with E-state index in [0.29, 0.717) is 18.9 Å². The van der Waals surface area contributed by atoms with Crippen LogP contribution in [0, 0.1) is 0 Å². The summed E-state index contributed by atoms with van der Waals surface area (Å²) >= 11 is 0. The molecule has 0 spiro atoms. The Bertz CT molecular complexity index is 439. The summed E-state index contributed by atoms with van der Waals surface area (Å²) in [4.78, 5) is 10.9. The monoisotopic (exact) mass is 350 g/mol. The molecule has 1 fully saturated rings. The van der Waals surface area contributed by atoms with Crippen molar-refractivity contribution in [3.63, 3.8) is 0 Å². The van der Waals surface area contributed by atoms with Crippen LogP contribution in [0.3, 0.4) is 0 Å². The van der Waals surface area contributed by atoms with Crippen molar-refractivity contribution >= 4 is 5.97 Å². The van der Waals surface area contributed by atoms with Gasteiger partial charge in [0.15, 0.2) is 0 Å². The van der Waals surface area contributed by atoms with Gasteiger partial charge in [0, 0.05) is 6.42 Å². The molecule has 0 radical (unpaired) electrons. The molecular formula is C21H34O4. The summed E-state index contributed by atoms with van der Waals surface area (Å²) in [5.41, 5.74) is 0. The maximum absolute atomic E-state index is 10.9. The van der Waals surface area contributed by atoms with Crippen LogP contribution in [0.25, 0.3) is 0 Å². The number of epoxide rings is 1. The number of hydrogen-bond donors (Lipinski definition) is 1. The number of aliphatic hydroxyl groups is 1. The molecule has 1 N–H and O–H groups in total. The first-order valence-corrected chi connectivity index (χ1v) is 9.56. The molecule has 0 saturated carbocycles. The second kappa shape index (κ2) is 13.9. The van der Waals surface area contributed by atoms with Crippen LogP contribution in [0.4, 0.5) is 0 Å². The van der Waals surface area contributed by atoms with Gasteiger partial charge in [0.1, 0.15) is 6.10 Å². The van der Waals surface area contributed by atoms with Crippen LogP contribution in [0.15, 0.2) is 36.5 Å². The first-order valence-electron chi connectivity index (χ1n) is 9.56. The van der Waals surface area contributed by atoms with Gasteiger partial charge >= 0.3 is 5.97 Å². The summed E-state index contributed by atoms with van der Waals surface area (Å²) in [6.45, 7) is 2.20. The molecule has 142 valence electrons. The average molecular weight is 350 g/mol. The van der Waals surface area contributed by atoms with Crippen molar-refractivity contribution in [2.45, 2.75) is 83.0 Å². The molecule has 1 rings (SSSR count). The molecule has 4 heteroatoms. The minimum Gasteiger partial charge on any atom is -0.469 e. The maximum Gasteiger partial charge on any atom is 0.305 e. The number of allylic oxidation sites excluding steroid dienone is 3. The third kappa shape index (κ3) is 11.7. The summed E-state index contributed by atoms with van der Waals surface area (Å²) in [5.74, 6) is -0.154. The first kappa shape index (κ1) is 21.7. The summed E-state index contributed by atoms with van der Waals surface area (Å²) in [5, 5.41) is 9.92. The Balaban J connectivity index is 2.00. The predicted octanol–water partition coefficient (Wildman–Crippen LogP) is 4.49. The highest BCUT2D eigenvalue weighted by Gasteiger charge is 2.35. The predicted molar refractivity (Wildman–Crippen MR) is 101 cm³/mol. The highest BCUT2D eigenvalue weighted by Crippen LogP contribution is 2.28. The molecule has 3 atom stereocenters. The summed E-state index contributed by atoms with van der Waals surface area (Å²) < 4.78 is 10.2. The van der Waals surface area contributed by atoms with Gasteiger partial charge in [-0.15, -0.1) is 0 Å². The molecule has 1 aliphatic heterocycles. The van der Waals surface area contributed by atoms with Gasteiger partial charge in [0.05, 0.1) is 19.3 Å². The fraction of sp³-hybridized carbons (Fsp3) is 0.667. The molecule has 0 unspecified atom stereocenters. The van der Waals surface area contributed by atoms with Gasteiger partial charge in [-0.1, -0.05) is 62.6 Å². The first-order chi connectivity index (χ1) is 12.2. The fourth-order valence-electron chi connectivity index (χ4n) is 2.56. The number of ether oxygens (including phenoxy) is 2. The summed E-state index contributed by atoms with van der Waals surface area (Å²) in [6, 6.07) is 0. The molecule has 0 bridgehead atoms. The van der Waals surface area contributed by atoms with E-state index < -0.39 is 6.10 Å². The number of carbonyl (C=O) groups is 1. The van der Waals surface area contributed by atoms with Gasteiger partial charge in [-0.05, 0) is 32.1 Å². The van der Waals surface area contributed by atoms with E-state index in [9.17, 15) is 9.90 Å². The van der Waals surface area contributed by atoms with E-state index in [4.69, 9.17) is 4.74 Å². The Labute approximate surface area is 152 Å². The number of methoxy groups -OCH3 is 1. The molecule has 0 amide bonds. The Hall–Kier alpha value is -1.39. The lowest BCUT2D eigenvalue weighted by atomic mass is 10.1. The molecule has 1 saturated heterocycles. The number of aliphatic hydroxyl groups excluding tert-OH is 1. The van der Waals surface area contributed by atoms with E-state index in [1.807, 2.05) is 18.2 Å². The molecule has 0 aromatic rings. The minimum atomic E-state index is -0.444. The largest absolute Gasteiger partial charge is 0.469 e. The van der Waals surface area contributed by atoms with Gasteiger partial charge in [0.2, 0.25) is 0 Å². The number of hydrogen-bond acceptors (Lipinski definition) is 4. The van der Waals surface area contributed by atoms with Crippen molar-refractivity contribution in [2.24, 2.45) is 0 Å². The average Bonchev–Trinajstić information content (AvgIpc) is 3.36. The lowest BCUT2D eigenvalue weighted by Crippen LogP contribution is -2.00. The fourth-order valence-corrected chi connectivity index (χ4v) is 2.56. The van der Waals surface area contributed by atoms with E-state index in [2.05, 4.69) is 29.9 Å². The number of rotatable bonds is 14. The maximum atomic E-state index is 10.9. The van der Waals surface area contributed by atoms with Gasteiger partial charge in [-0.25, -0.2) is 0 Å². The van der Waals surface area contributed by atoms with E-state index in [0.717, 1.165) is 25.7 Å². The summed E-state index contributed by atoms with van der Waals surface area (Å²) in [7, 11) is 1.41. The SMILES string of the molecule is CCCCC[C@@H]1O[C@H]1/C=C/[C@@H](O)C/C=C\C/C=C\CCCC(=O)OC. The lowest BCUT2D eigenvalue weighted by Gasteiger charge is -1.99. The van der Waals surface area contributed by atoms with Crippen LogP contribution in [0.2, 0.25) is 0 Å².